The fourth-order valence-electron chi connectivity index (χ4n) is 4.10. The van der Waals surface area contributed by atoms with Gasteiger partial charge in [-0.25, -0.2) is 0 Å². The Morgan fingerprint density at radius 2 is 1.06 bits per heavy atom. The van der Waals surface area contributed by atoms with Crippen LogP contribution in [-0.2, 0) is 6.42 Å². The second-order valence-electron chi connectivity index (χ2n) is 8.65. The number of benzene rings is 4. The van der Waals surface area contributed by atoms with Crippen LogP contribution < -0.4 is 9.47 Å². The lowest BCUT2D eigenvalue weighted by molar-refractivity contribution is 0.304. The normalized spacial score (nSPS) is 10.5. The van der Waals surface area contributed by atoms with Gasteiger partial charge in [-0.05, 0) is 83.5 Å². The van der Waals surface area contributed by atoms with E-state index in [1.54, 1.807) is 7.11 Å². The summed E-state index contributed by atoms with van der Waals surface area (Å²) < 4.78 is 11.2. The second kappa shape index (κ2) is 12.4. The SMILES string of the molecule is COc1ccc(-c2ccc(OCCCCCCc3ccc(-c4ccc(C#N)cc4)cc3)cc2)cc1. The van der Waals surface area contributed by atoms with Crippen molar-refractivity contribution >= 4 is 0 Å². The molecule has 0 heterocycles. The maximum atomic E-state index is 8.94. The van der Waals surface area contributed by atoms with E-state index in [1.807, 2.05) is 48.5 Å². The van der Waals surface area contributed by atoms with Crippen LogP contribution in [0.2, 0.25) is 0 Å². The maximum absolute atomic E-state index is 8.94. The molecule has 0 saturated heterocycles. The number of hydrogen-bond acceptors (Lipinski definition) is 3. The molecule has 0 aliphatic rings. The molecule has 4 aromatic carbocycles. The van der Waals surface area contributed by atoms with Gasteiger partial charge >= 0.3 is 0 Å². The van der Waals surface area contributed by atoms with Gasteiger partial charge in [0, 0.05) is 0 Å². The first kappa shape index (κ1) is 24.1. The van der Waals surface area contributed by atoms with Crippen molar-refractivity contribution in [2.45, 2.75) is 32.1 Å². The molecule has 0 saturated carbocycles. The average Bonchev–Trinajstić information content (AvgIpc) is 2.93. The average molecular weight is 462 g/mol. The molecule has 0 aromatic heterocycles. The van der Waals surface area contributed by atoms with Crippen LogP contribution in [0.15, 0.2) is 97.1 Å². The molecular weight excluding hydrogens is 430 g/mol. The van der Waals surface area contributed by atoms with Crippen molar-refractivity contribution in [2.75, 3.05) is 13.7 Å². The minimum atomic E-state index is 0.693. The van der Waals surface area contributed by atoms with Crippen LogP contribution in [0.3, 0.4) is 0 Å². The zero-order valence-electron chi connectivity index (χ0n) is 20.2. The molecule has 0 atom stereocenters. The fourth-order valence-corrected chi connectivity index (χ4v) is 4.10. The highest BCUT2D eigenvalue weighted by Crippen LogP contribution is 2.25. The Bertz CT molecular complexity index is 1220. The molecule has 0 aliphatic heterocycles. The van der Waals surface area contributed by atoms with Crippen LogP contribution >= 0.6 is 0 Å². The number of ether oxygens (including phenoxy) is 2. The molecule has 0 unspecified atom stereocenters. The largest absolute Gasteiger partial charge is 0.497 e. The summed E-state index contributed by atoms with van der Waals surface area (Å²) in [6, 6.07) is 35.1. The van der Waals surface area contributed by atoms with E-state index in [1.165, 1.54) is 41.5 Å². The summed E-state index contributed by atoms with van der Waals surface area (Å²) in [5.41, 5.74) is 6.73. The predicted octanol–water partition coefficient (Wildman–Crippen LogP) is 8.08. The monoisotopic (exact) mass is 461 g/mol. The molecule has 0 amide bonds. The molecule has 0 fully saturated rings. The number of hydrogen-bond donors (Lipinski definition) is 0. The highest BCUT2D eigenvalue weighted by molar-refractivity contribution is 5.65. The van der Waals surface area contributed by atoms with E-state index in [9.17, 15) is 0 Å². The smallest absolute Gasteiger partial charge is 0.119 e. The quantitative estimate of drug-likeness (QED) is 0.212. The van der Waals surface area contributed by atoms with Crippen LogP contribution in [0.5, 0.6) is 11.5 Å². The van der Waals surface area contributed by atoms with Crippen LogP contribution in [0.1, 0.15) is 36.8 Å². The van der Waals surface area contributed by atoms with Crippen LogP contribution in [0.25, 0.3) is 22.3 Å². The molecule has 4 aromatic rings. The topological polar surface area (TPSA) is 42.2 Å². The van der Waals surface area contributed by atoms with E-state index in [0.29, 0.717) is 5.56 Å². The molecule has 0 spiro atoms. The van der Waals surface area contributed by atoms with Crippen LogP contribution in [0.4, 0.5) is 0 Å². The van der Waals surface area contributed by atoms with Gasteiger partial charge in [-0.2, -0.15) is 5.26 Å². The zero-order valence-corrected chi connectivity index (χ0v) is 20.2. The molecule has 0 bridgehead atoms. The molecule has 176 valence electrons. The third kappa shape index (κ3) is 6.98. The Kier molecular flexibility index (Phi) is 8.57. The molecule has 4 rings (SSSR count). The Labute approximate surface area is 208 Å². The number of methoxy groups -OCH3 is 1. The van der Waals surface area contributed by atoms with Crippen molar-refractivity contribution in [1.82, 2.24) is 0 Å². The van der Waals surface area contributed by atoms with Crippen molar-refractivity contribution in [3.63, 3.8) is 0 Å². The molecule has 3 heteroatoms. The number of nitrogens with zero attached hydrogens (tertiary/aromatic N) is 1. The van der Waals surface area contributed by atoms with E-state index in [0.717, 1.165) is 36.5 Å². The van der Waals surface area contributed by atoms with Gasteiger partial charge in [0.15, 0.2) is 0 Å². The van der Waals surface area contributed by atoms with E-state index >= 15 is 0 Å². The molecule has 0 N–H and O–H groups in total. The highest BCUT2D eigenvalue weighted by Gasteiger charge is 2.02. The summed E-state index contributed by atoms with van der Waals surface area (Å²) in [4.78, 5) is 0. The Balaban J connectivity index is 1.12. The van der Waals surface area contributed by atoms with E-state index in [2.05, 4.69) is 54.6 Å². The number of aryl methyl sites for hydroxylation is 1. The predicted molar refractivity (Wildman–Crippen MR) is 143 cm³/mol. The van der Waals surface area contributed by atoms with Crippen molar-refractivity contribution in [2.24, 2.45) is 0 Å². The van der Waals surface area contributed by atoms with Crippen molar-refractivity contribution < 1.29 is 9.47 Å². The molecule has 0 radical (unpaired) electrons. The summed E-state index contributed by atoms with van der Waals surface area (Å²) in [6.45, 7) is 0.751. The minimum Gasteiger partial charge on any atom is -0.497 e. The fraction of sp³-hybridized carbons (Fsp3) is 0.219. The van der Waals surface area contributed by atoms with Crippen LogP contribution in [-0.4, -0.2) is 13.7 Å². The van der Waals surface area contributed by atoms with Crippen LogP contribution in [0, 0.1) is 11.3 Å². The number of nitriles is 1. The molecule has 0 aliphatic carbocycles. The number of rotatable bonds is 11. The second-order valence-corrected chi connectivity index (χ2v) is 8.65. The standard InChI is InChI=1S/C32H31NO2/c1-34-31-19-15-29(16-20-31)30-17-21-32(22-18-30)35-23-5-3-2-4-6-25-7-11-27(12-8-25)28-13-9-26(24-33)10-14-28/h7-22H,2-6,23H2,1H3. The van der Waals surface area contributed by atoms with Crippen molar-refractivity contribution in [3.8, 4) is 39.8 Å². The van der Waals surface area contributed by atoms with Gasteiger partial charge in [0.1, 0.15) is 11.5 Å². The van der Waals surface area contributed by atoms with Gasteiger partial charge in [0.2, 0.25) is 0 Å². The van der Waals surface area contributed by atoms with Gasteiger partial charge in [-0.15, -0.1) is 0 Å². The number of unbranched alkanes of at least 4 members (excludes halogenated alkanes) is 3. The van der Waals surface area contributed by atoms with Gasteiger partial charge < -0.3 is 9.47 Å². The molecule has 3 nitrogen and oxygen atoms in total. The van der Waals surface area contributed by atoms with Crippen molar-refractivity contribution in [1.29, 1.82) is 5.26 Å². The van der Waals surface area contributed by atoms with Gasteiger partial charge in [0.05, 0.1) is 25.3 Å². The summed E-state index contributed by atoms with van der Waals surface area (Å²) in [6.07, 6.45) is 5.73. The Morgan fingerprint density at radius 1 is 0.571 bits per heavy atom. The summed E-state index contributed by atoms with van der Waals surface area (Å²) in [5.74, 6) is 1.79. The molecule has 35 heavy (non-hydrogen) atoms. The first-order valence-electron chi connectivity index (χ1n) is 12.2. The third-order valence-electron chi connectivity index (χ3n) is 6.21. The summed E-state index contributed by atoms with van der Waals surface area (Å²) in [7, 11) is 1.68. The van der Waals surface area contributed by atoms with Gasteiger partial charge in [-0.3, -0.25) is 0 Å². The summed E-state index contributed by atoms with van der Waals surface area (Å²) in [5, 5.41) is 8.94. The van der Waals surface area contributed by atoms with Gasteiger partial charge in [0.25, 0.3) is 0 Å². The maximum Gasteiger partial charge on any atom is 0.119 e. The van der Waals surface area contributed by atoms with E-state index in [-0.39, 0.29) is 0 Å². The Hall–Kier alpha value is -4.03. The lowest BCUT2D eigenvalue weighted by Crippen LogP contribution is -1.97. The lowest BCUT2D eigenvalue weighted by atomic mass is 10.0. The summed E-state index contributed by atoms with van der Waals surface area (Å²) >= 11 is 0. The first-order valence-corrected chi connectivity index (χ1v) is 12.2. The zero-order chi connectivity index (χ0) is 24.3. The van der Waals surface area contributed by atoms with Gasteiger partial charge in [-0.1, -0.05) is 73.5 Å². The highest BCUT2D eigenvalue weighted by atomic mass is 16.5. The lowest BCUT2D eigenvalue weighted by Gasteiger charge is -2.08. The molecular formula is C32H31NO2. The van der Waals surface area contributed by atoms with E-state index < -0.39 is 0 Å². The van der Waals surface area contributed by atoms with Crippen molar-refractivity contribution in [3.05, 3.63) is 108 Å². The third-order valence-corrected chi connectivity index (χ3v) is 6.21. The minimum absolute atomic E-state index is 0.693. The Morgan fingerprint density at radius 3 is 1.60 bits per heavy atom. The first-order chi connectivity index (χ1) is 17.2. The van der Waals surface area contributed by atoms with E-state index in [4.69, 9.17) is 14.7 Å².